The second kappa shape index (κ2) is 6.00. The Labute approximate surface area is 114 Å². The first-order valence-electron chi connectivity index (χ1n) is 5.71. The molecule has 108 valence electrons. The first kappa shape index (κ1) is 15.4. The molecule has 0 radical (unpaired) electrons. The molecule has 0 aliphatic carbocycles. The molecule has 1 aromatic carbocycles. The van der Waals surface area contributed by atoms with Crippen molar-refractivity contribution in [1.29, 1.82) is 0 Å². The quantitative estimate of drug-likeness (QED) is 0.594. The molecule has 3 N–H and O–H groups in total. The van der Waals surface area contributed by atoms with Gasteiger partial charge in [0, 0.05) is 17.5 Å². The molecule has 0 heterocycles. The van der Waals surface area contributed by atoms with Gasteiger partial charge in [-0.3, -0.25) is 14.9 Å². The van der Waals surface area contributed by atoms with Gasteiger partial charge in [-0.1, -0.05) is 13.8 Å². The number of nitrogens with two attached hydrogens (primary N) is 1. The zero-order valence-electron chi connectivity index (χ0n) is 10.9. The zero-order chi connectivity index (χ0) is 15.4. The molecule has 1 rings (SSSR count). The van der Waals surface area contributed by atoms with Gasteiger partial charge in [0.15, 0.2) is 11.9 Å². The summed E-state index contributed by atoms with van der Waals surface area (Å²) in [5, 5.41) is 20.0. The van der Waals surface area contributed by atoms with E-state index in [2.05, 4.69) is 0 Å². The largest absolute Gasteiger partial charge is 0.478 e. The molecule has 20 heavy (non-hydrogen) atoms. The monoisotopic (exact) mass is 282 g/mol. The van der Waals surface area contributed by atoms with Crippen LogP contribution in [0.3, 0.4) is 0 Å². The van der Waals surface area contributed by atoms with Gasteiger partial charge in [0.2, 0.25) is 5.91 Å². The number of carboxylic acid groups (broad SMARTS) is 1. The molecule has 8 nitrogen and oxygen atoms in total. The van der Waals surface area contributed by atoms with Crippen molar-refractivity contribution in [2.24, 2.45) is 11.7 Å². The fourth-order valence-electron chi connectivity index (χ4n) is 1.52. The Hall–Kier alpha value is -2.64. The first-order chi connectivity index (χ1) is 9.23. The lowest BCUT2D eigenvalue weighted by Crippen LogP contribution is -2.32. The molecule has 1 atom stereocenters. The van der Waals surface area contributed by atoms with Crippen LogP contribution >= 0.6 is 0 Å². The van der Waals surface area contributed by atoms with Gasteiger partial charge >= 0.3 is 11.7 Å². The number of hydrogen-bond donors (Lipinski definition) is 2. The average Bonchev–Trinajstić information content (AvgIpc) is 2.34. The second-order valence-corrected chi connectivity index (χ2v) is 4.42. The molecule has 0 saturated heterocycles. The summed E-state index contributed by atoms with van der Waals surface area (Å²) in [6.07, 6.45) is -1.23. The predicted octanol–water partition coefficient (Wildman–Crippen LogP) is 1.18. The molecule has 0 bridgehead atoms. The van der Waals surface area contributed by atoms with E-state index < -0.39 is 28.6 Å². The van der Waals surface area contributed by atoms with Crippen molar-refractivity contribution in [1.82, 2.24) is 0 Å². The molecule has 1 unspecified atom stereocenters. The first-order valence-corrected chi connectivity index (χ1v) is 5.71. The normalized spacial score (nSPS) is 11.9. The van der Waals surface area contributed by atoms with Gasteiger partial charge in [-0.25, -0.2) is 4.79 Å². The minimum atomic E-state index is -1.23. The summed E-state index contributed by atoms with van der Waals surface area (Å²) in [5.41, 5.74) is 4.47. The van der Waals surface area contributed by atoms with Crippen molar-refractivity contribution >= 4 is 17.6 Å². The van der Waals surface area contributed by atoms with Crippen molar-refractivity contribution in [3.8, 4) is 5.75 Å². The van der Waals surface area contributed by atoms with E-state index in [0.29, 0.717) is 0 Å². The Kier molecular flexibility index (Phi) is 4.63. The van der Waals surface area contributed by atoms with E-state index in [4.69, 9.17) is 15.6 Å². The number of nitro benzene ring substituents is 1. The summed E-state index contributed by atoms with van der Waals surface area (Å²) in [5.74, 6) is -2.66. The fraction of sp³-hybridized carbons (Fsp3) is 0.333. The van der Waals surface area contributed by atoms with Crippen LogP contribution in [0.15, 0.2) is 18.2 Å². The van der Waals surface area contributed by atoms with Gasteiger partial charge in [-0.15, -0.1) is 0 Å². The number of hydrogen-bond acceptors (Lipinski definition) is 5. The van der Waals surface area contributed by atoms with Crippen LogP contribution in [0, 0.1) is 16.0 Å². The highest BCUT2D eigenvalue weighted by Crippen LogP contribution is 2.29. The van der Waals surface area contributed by atoms with E-state index in [9.17, 15) is 19.7 Å². The number of nitro groups is 1. The van der Waals surface area contributed by atoms with Gasteiger partial charge in [0.1, 0.15) is 0 Å². The molecular formula is C12H14N2O6. The van der Waals surface area contributed by atoms with Crippen LogP contribution in [0.1, 0.15) is 24.2 Å². The summed E-state index contributed by atoms with van der Waals surface area (Å²) in [6, 6.07) is 3.36. The molecule has 0 aliphatic heterocycles. The summed E-state index contributed by atoms with van der Waals surface area (Å²) in [7, 11) is 0. The summed E-state index contributed by atoms with van der Waals surface area (Å²) in [4.78, 5) is 32.2. The number of carbonyl (C=O) groups excluding carboxylic acids is 1. The third kappa shape index (κ3) is 3.44. The smallest absolute Gasteiger partial charge is 0.345 e. The number of rotatable bonds is 6. The van der Waals surface area contributed by atoms with Crippen LogP contribution in [0.2, 0.25) is 0 Å². The number of carboxylic acids is 1. The van der Waals surface area contributed by atoms with Crippen LogP contribution in [-0.2, 0) is 4.79 Å². The fourth-order valence-corrected chi connectivity index (χ4v) is 1.52. The van der Waals surface area contributed by atoms with E-state index >= 15 is 0 Å². The Morgan fingerprint density at radius 1 is 1.40 bits per heavy atom. The maximum atomic E-state index is 11.0. The van der Waals surface area contributed by atoms with Crippen molar-refractivity contribution < 1.29 is 24.4 Å². The number of amides is 1. The molecule has 0 saturated carbocycles. The van der Waals surface area contributed by atoms with E-state index in [1.807, 2.05) is 0 Å². The Bertz CT molecular complexity index is 555. The molecule has 1 amide bonds. The Morgan fingerprint density at radius 3 is 2.40 bits per heavy atom. The molecule has 0 spiro atoms. The van der Waals surface area contributed by atoms with Crippen LogP contribution in [0.5, 0.6) is 5.75 Å². The van der Waals surface area contributed by atoms with Gasteiger partial charge in [0.05, 0.1) is 4.92 Å². The highest BCUT2D eigenvalue weighted by molar-refractivity contribution is 5.93. The minimum absolute atomic E-state index is 0.0551. The lowest BCUT2D eigenvalue weighted by molar-refractivity contribution is -0.386. The molecule has 0 aromatic heterocycles. The lowest BCUT2D eigenvalue weighted by atomic mass is 10.1. The van der Waals surface area contributed by atoms with Crippen LogP contribution in [0.25, 0.3) is 0 Å². The topological polar surface area (TPSA) is 133 Å². The third-order valence-corrected chi connectivity index (χ3v) is 2.54. The lowest BCUT2D eigenvalue weighted by Gasteiger charge is -2.18. The highest BCUT2D eigenvalue weighted by atomic mass is 16.6. The second-order valence-electron chi connectivity index (χ2n) is 4.42. The molecule has 0 aliphatic rings. The minimum Gasteiger partial charge on any atom is -0.478 e. The van der Waals surface area contributed by atoms with Gasteiger partial charge in [0.25, 0.3) is 0 Å². The number of primary amides is 1. The predicted molar refractivity (Wildman–Crippen MR) is 68.5 cm³/mol. The number of aliphatic carboxylic acids is 1. The van der Waals surface area contributed by atoms with E-state index in [-0.39, 0.29) is 17.2 Å². The van der Waals surface area contributed by atoms with E-state index in [1.165, 1.54) is 6.07 Å². The van der Waals surface area contributed by atoms with Crippen molar-refractivity contribution in [3.05, 3.63) is 33.9 Å². The molecule has 1 aromatic rings. The summed E-state index contributed by atoms with van der Waals surface area (Å²) in [6.45, 7) is 3.23. The van der Waals surface area contributed by atoms with Crippen molar-refractivity contribution in [2.45, 2.75) is 20.0 Å². The van der Waals surface area contributed by atoms with Crippen LogP contribution in [0.4, 0.5) is 5.69 Å². The van der Waals surface area contributed by atoms with Gasteiger partial charge in [-0.05, 0) is 12.1 Å². The third-order valence-electron chi connectivity index (χ3n) is 2.54. The zero-order valence-corrected chi connectivity index (χ0v) is 10.9. The summed E-state index contributed by atoms with van der Waals surface area (Å²) >= 11 is 0. The standard InChI is InChI=1S/C12H14N2O6/c1-6(2)10(12(16)17)20-9-4-3-7(11(13)15)5-8(9)14(18)19/h3-6,10H,1-2H3,(H2,13,15)(H,16,17). The number of benzene rings is 1. The molecule has 8 heteroatoms. The maximum Gasteiger partial charge on any atom is 0.345 e. The van der Waals surface area contributed by atoms with Crippen molar-refractivity contribution in [3.63, 3.8) is 0 Å². The van der Waals surface area contributed by atoms with Crippen LogP contribution < -0.4 is 10.5 Å². The number of carbonyl (C=O) groups is 2. The molecular weight excluding hydrogens is 268 g/mol. The highest BCUT2D eigenvalue weighted by Gasteiger charge is 2.27. The molecule has 0 fully saturated rings. The van der Waals surface area contributed by atoms with Gasteiger partial charge in [-0.2, -0.15) is 0 Å². The number of nitrogens with zero attached hydrogens (tertiary/aromatic N) is 1. The SMILES string of the molecule is CC(C)C(Oc1ccc(C(N)=O)cc1[N+](=O)[O-])C(=O)O. The van der Waals surface area contributed by atoms with E-state index in [0.717, 1.165) is 12.1 Å². The maximum absolute atomic E-state index is 11.0. The Morgan fingerprint density at radius 2 is 2.00 bits per heavy atom. The van der Waals surface area contributed by atoms with E-state index in [1.54, 1.807) is 13.8 Å². The van der Waals surface area contributed by atoms with Crippen molar-refractivity contribution in [2.75, 3.05) is 0 Å². The van der Waals surface area contributed by atoms with Gasteiger partial charge < -0.3 is 15.6 Å². The Balaban J connectivity index is 3.20. The van der Waals surface area contributed by atoms with Crippen LogP contribution in [-0.4, -0.2) is 28.0 Å². The average molecular weight is 282 g/mol. The number of ether oxygens (including phenoxy) is 1. The summed E-state index contributed by atoms with van der Waals surface area (Å²) < 4.78 is 5.17.